The van der Waals surface area contributed by atoms with Crippen molar-refractivity contribution in [2.75, 3.05) is 19.8 Å². The van der Waals surface area contributed by atoms with E-state index in [0.717, 1.165) is 6.42 Å². The molecule has 1 rings (SSSR count). The molecule has 1 aliphatic heterocycles. The van der Waals surface area contributed by atoms with Crippen LogP contribution in [0.1, 0.15) is 13.3 Å². The average Bonchev–Trinajstić information content (AvgIpc) is 2.73. The molecular formula is C11H17NO4. The Balaban J connectivity index is 2.80. The van der Waals surface area contributed by atoms with Crippen LogP contribution in [0.4, 0.5) is 0 Å². The zero-order valence-corrected chi connectivity index (χ0v) is 9.39. The van der Waals surface area contributed by atoms with Crippen molar-refractivity contribution in [3.05, 3.63) is 12.7 Å². The van der Waals surface area contributed by atoms with Crippen LogP contribution in [0.15, 0.2) is 12.7 Å². The third-order valence-electron chi connectivity index (χ3n) is 2.69. The Morgan fingerprint density at radius 1 is 1.56 bits per heavy atom. The van der Waals surface area contributed by atoms with E-state index in [0.29, 0.717) is 6.54 Å². The summed E-state index contributed by atoms with van der Waals surface area (Å²) < 4.78 is 5.14. The molecule has 1 heterocycles. The summed E-state index contributed by atoms with van der Waals surface area (Å²) in [6, 6.07) is -0.372. The van der Waals surface area contributed by atoms with Crippen LogP contribution in [0.2, 0.25) is 0 Å². The van der Waals surface area contributed by atoms with Gasteiger partial charge in [0.25, 0.3) is 0 Å². The van der Waals surface area contributed by atoms with Crippen LogP contribution < -0.4 is 0 Å². The lowest BCUT2D eigenvalue weighted by Gasteiger charge is -2.29. The van der Waals surface area contributed by atoms with Crippen molar-refractivity contribution in [3.8, 4) is 0 Å². The van der Waals surface area contributed by atoms with Gasteiger partial charge in [-0.05, 0) is 12.5 Å². The Morgan fingerprint density at radius 3 is 2.75 bits per heavy atom. The van der Waals surface area contributed by atoms with E-state index in [1.807, 2.05) is 6.92 Å². The van der Waals surface area contributed by atoms with Gasteiger partial charge in [0.2, 0.25) is 5.91 Å². The summed E-state index contributed by atoms with van der Waals surface area (Å²) in [7, 11) is 0. The van der Waals surface area contributed by atoms with E-state index < -0.39 is 11.9 Å². The maximum atomic E-state index is 11.6. The number of nitrogens with zero attached hydrogens (tertiary/aromatic N) is 1. The highest BCUT2D eigenvalue weighted by Crippen LogP contribution is 2.20. The minimum Gasteiger partial charge on any atom is -0.481 e. The van der Waals surface area contributed by atoms with Crippen molar-refractivity contribution < 1.29 is 19.4 Å². The molecule has 90 valence electrons. The zero-order valence-electron chi connectivity index (χ0n) is 9.39. The van der Waals surface area contributed by atoms with Crippen LogP contribution in [0.25, 0.3) is 0 Å². The number of carboxylic acid groups (broad SMARTS) is 1. The van der Waals surface area contributed by atoms with Crippen molar-refractivity contribution >= 4 is 11.9 Å². The number of aliphatic carboxylic acids is 1. The third kappa shape index (κ3) is 2.61. The Hall–Kier alpha value is -1.36. The number of carbonyl (C=O) groups is 2. The van der Waals surface area contributed by atoms with Gasteiger partial charge in [0.15, 0.2) is 0 Å². The average molecular weight is 227 g/mol. The smallest absolute Gasteiger partial charge is 0.311 e. The number of amides is 1. The van der Waals surface area contributed by atoms with Gasteiger partial charge >= 0.3 is 5.97 Å². The highest BCUT2D eigenvalue weighted by atomic mass is 16.5. The monoisotopic (exact) mass is 227 g/mol. The summed E-state index contributed by atoms with van der Waals surface area (Å²) >= 11 is 0. The lowest BCUT2D eigenvalue weighted by molar-refractivity contribution is -0.144. The summed E-state index contributed by atoms with van der Waals surface area (Å²) in [6.45, 7) is 6.35. The number of rotatable bonds is 5. The molecule has 16 heavy (non-hydrogen) atoms. The highest BCUT2D eigenvalue weighted by molar-refractivity contribution is 5.88. The summed E-state index contributed by atoms with van der Waals surface area (Å²) in [5.74, 6) is -1.78. The van der Waals surface area contributed by atoms with Gasteiger partial charge in [-0.2, -0.15) is 0 Å². The van der Waals surface area contributed by atoms with E-state index in [-0.39, 0.29) is 25.2 Å². The minimum absolute atomic E-state index is 0.171. The lowest BCUT2D eigenvalue weighted by atomic mass is 10.0. The molecule has 1 fully saturated rings. The molecule has 0 radical (unpaired) electrons. The molecule has 0 aromatic heterocycles. The van der Waals surface area contributed by atoms with Crippen LogP contribution in [0, 0.1) is 5.92 Å². The predicted octanol–water partition coefficient (Wildman–Crippen LogP) is 0.511. The molecular weight excluding hydrogens is 210 g/mol. The molecule has 1 aliphatic rings. The van der Waals surface area contributed by atoms with Gasteiger partial charge < -0.3 is 14.7 Å². The van der Waals surface area contributed by atoms with E-state index in [4.69, 9.17) is 9.84 Å². The molecule has 2 unspecified atom stereocenters. The van der Waals surface area contributed by atoms with Gasteiger partial charge in [-0.1, -0.05) is 13.5 Å². The SMILES string of the molecule is C=CC(=O)N(CCC)C1COCC1C(=O)O. The fourth-order valence-corrected chi connectivity index (χ4v) is 1.88. The molecule has 1 saturated heterocycles. The number of carbonyl (C=O) groups excluding carboxylic acids is 1. The number of hydrogen-bond acceptors (Lipinski definition) is 3. The van der Waals surface area contributed by atoms with Gasteiger partial charge in [-0.25, -0.2) is 0 Å². The first-order chi connectivity index (χ1) is 7.61. The van der Waals surface area contributed by atoms with Crippen LogP contribution in [-0.2, 0) is 14.3 Å². The second-order valence-corrected chi connectivity index (χ2v) is 3.79. The van der Waals surface area contributed by atoms with Gasteiger partial charge in [-0.15, -0.1) is 0 Å². The first kappa shape index (κ1) is 12.7. The Morgan fingerprint density at radius 2 is 2.25 bits per heavy atom. The van der Waals surface area contributed by atoms with Gasteiger partial charge in [-0.3, -0.25) is 9.59 Å². The lowest BCUT2D eigenvalue weighted by Crippen LogP contribution is -2.46. The predicted molar refractivity (Wildman–Crippen MR) is 57.9 cm³/mol. The molecule has 2 atom stereocenters. The summed E-state index contributed by atoms with van der Waals surface area (Å²) in [4.78, 5) is 24.1. The first-order valence-electron chi connectivity index (χ1n) is 5.35. The Bertz CT molecular complexity index is 290. The molecule has 0 spiro atoms. The van der Waals surface area contributed by atoms with Crippen molar-refractivity contribution in [1.82, 2.24) is 4.90 Å². The summed E-state index contributed by atoms with van der Waals surface area (Å²) in [5.41, 5.74) is 0. The van der Waals surface area contributed by atoms with E-state index in [2.05, 4.69) is 6.58 Å². The largest absolute Gasteiger partial charge is 0.481 e. The molecule has 0 bridgehead atoms. The standard InChI is InChI=1S/C11H17NO4/c1-3-5-12(10(13)4-2)9-7-16-6-8(9)11(14)15/h4,8-9H,2-3,5-7H2,1H3,(H,14,15). The van der Waals surface area contributed by atoms with Crippen molar-refractivity contribution in [2.24, 2.45) is 5.92 Å². The summed E-state index contributed by atoms with van der Waals surface area (Å²) in [5, 5.41) is 9.01. The minimum atomic E-state index is -0.916. The molecule has 5 nitrogen and oxygen atoms in total. The summed E-state index contributed by atoms with van der Waals surface area (Å²) in [6.07, 6.45) is 2.00. The molecule has 0 aromatic rings. The van der Waals surface area contributed by atoms with Crippen molar-refractivity contribution in [2.45, 2.75) is 19.4 Å². The number of hydrogen-bond donors (Lipinski definition) is 1. The van der Waals surface area contributed by atoms with E-state index in [1.54, 1.807) is 4.90 Å². The molecule has 0 saturated carbocycles. The third-order valence-corrected chi connectivity index (χ3v) is 2.69. The molecule has 1 N–H and O–H groups in total. The number of carboxylic acids is 1. The molecule has 0 aromatic carbocycles. The fourth-order valence-electron chi connectivity index (χ4n) is 1.88. The van der Waals surface area contributed by atoms with Crippen LogP contribution in [0.3, 0.4) is 0 Å². The van der Waals surface area contributed by atoms with Crippen LogP contribution >= 0.6 is 0 Å². The Labute approximate surface area is 94.7 Å². The molecule has 0 aliphatic carbocycles. The fraction of sp³-hybridized carbons (Fsp3) is 0.636. The second kappa shape index (κ2) is 5.65. The molecule has 1 amide bonds. The Kier molecular flexibility index (Phi) is 4.49. The van der Waals surface area contributed by atoms with Crippen molar-refractivity contribution in [3.63, 3.8) is 0 Å². The maximum absolute atomic E-state index is 11.6. The molecule has 5 heteroatoms. The van der Waals surface area contributed by atoms with Gasteiger partial charge in [0.1, 0.15) is 5.92 Å². The van der Waals surface area contributed by atoms with Crippen LogP contribution in [0.5, 0.6) is 0 Å². The van der Waals surface area contributed by atoms with E-state index >= 15 is 0 Å². The first-order valence-corrected chi connectivity index (χ1v) is 5.35. The van der Waals surface area contributed by atoms with Gasteiger partial charge in [0, 0.05) is 6.54 Å². The van der Waals surface area contributed by atoms with E-state index in [9.17, 15) is 9.59 Å². The topological polar surface area (TPSA) is 66.8 Å². The maximum Gasteiger partial charge on any atom is 0.311 e. The van der Waals surface area contributed by atoms with Crippen LogP contribution in [-0.4, -0.2) is 47.7 Å². The zero-order chi connectivity index (χ0) is 12.1. The van der Waals surface area contributed by atoms with E-state index in [1.165, 1.54) is 6.08 Å². The van der Waals surface area contributed by atoms with Gasteiger partial charge in [0.05, 0.1) is 19.3 Å². The quantitative estimate of drug-likeness (QED) is 0.695. The highest BCUT2D eigenvalue weighted by Gasteiger charge is 2.39. The normalized spacial score (nSPS) is 24.1. The van der Waals surface area contributed by atoms with Crippen molar-refractivity contribution in [1.29, 1.82) is 0 Å². The number of ether oxygens (including phenoxy) is 1. The second-order valence-electron chi connectivity index (χ2n) is 3.79.